The third kappa shape index (κ3) is 4.81. The van der Waals surface area contributed by atoms with Crippen LogP contribution in [0, 0.1) is 0 Å². The molecule has 1 aromatic carbocycles. The van der Waals surface area contributed by atoms with E-state index in [-0.39, 0.29) is 31.2 Å². The molecule has 0 radical (unpaired) electrons. The van der Waals surface area contributed by atoms with E-state index in [0.29, 0.717) is 35.5 Å². The van der Waals surface area contributed by atoms with Gasteiger partial charge in [0, 0.05) is 25.5 Å². The topological polar surface area (TPSA) is 100 Å². The maximum Gasteiger partial charge on any atom is 0.435 e. The molecule has 13 heteroatoms. The number of hydrogen-bond donors (Lipinski definition) is 0. The fraction of sp³-hybridized carbons (Fsp3) is 0.370. The van der Waals surface area contributed by atoms with Crippen LogP contribution in [0.4, 0.5) is 19.0 Å². The molecule has 1 aliphatic heterocycles. The van der Waals surface area contributed by atoms with Gasteiger partial charge in [0.2, 0.25) is 11.8 Å². The number of aryl methyl sites for hydroxylation is 1. The lowest BCUT2D eigenvalue weighted by molar-refractivity contribution is -0.141. The van der Waals surface area contributed by atoms with Gasteiger partial charge in [0.25, 0.3) is 0 Å². The zero-order chi connectivity index (χ0) is 28.0. The first-order valence-electron chi connectivity index (χ1n) is 12.8. The molecule has 0 unspecified atom stereocenters. The van der Waals surface area contributed by atoms with Gasteiger partial charge in [-0.1, -0.05) is 12.1 Å². The van der Waals surface area contributed by atoms with Gasteiger partial charge in [0.15, 0.2) is 5.69 Å². The largest absolute Gasteiger partial charge is 0.480 e. The lowest BCUT2D eigenvalue weighted by Crippen LogP contribution is -2.36. The molecule has 2 aliphatic rings. The van der Waals surface area contributed by atoms with E-state index in [2.05, 4.69) is 15.1 Å². The Kier molecular flexibility index (Phi) is 6.53. The molecule has 0 atom stereocenters. The maximum absolute atomic E-state index is 13.3. The van der Waals surface area contributed by atoms with E-state index in [9.17, 15) is 18.0 Å². The highest BCUT2D eigenvalue weighted by Gasteiger charge is 2.35. The number of alkyl halides is 3. The first-order chi connectivity index (χ1) is 19.3. The van der Waals surface area contributed by atoms with Crippen molar-refractivity contribution in [1.29, 1.82) is 0 Å². The van der Waals surface area contributed by atoms with Crippen LogP contribution in [0.3, 0.4) is 0 Å². The highest BCUT2D eigenvalue weighted by atomic mass is 19.4. The van der Waals surface area contributed by atoms with Crippen LogP contribution in [0.25, 0.3) is 16.9 Å². The molecule has 10 nitrogen and oxygen atoms in total. The first-order valence-corrected chi connectivity index (χ1v) is 12.8. The van der Waals surface area contributed by atoms with Gasteiger partial charge >= 0.3 is 6.18 Å². The van der Waals surface area contributed by atoms with E-state index in [1.54, 1.807) is 41.0 Å². The molecule has 3 aromatic heterocycles. The summed E-state index contributed by atoms with van der Waals surface area (Å²) in [5, 5.41) is 8.52. The summed E-state index contributed by atoms with van der Waals surface area (Å²) in [7, 11) is 2.97. The maximum atomic E-state index is 13.3. The van der Waals surface area contributed by atoms with Gasteiger partial charge in [-0.05, 0) is 36.6 Å². The summed E-state index contributed by atoms with van der Waals surface area (Å²) in [5.41, 5.74) is 2.82. The van der Waals surface area contributed by atoms with E-state index in [0.717, 1.165) is 35.7 Å². The summed E-state index contributed by atoms with van der Waals surface area (Å²) in [4.78, 5) is 23.5. The Hall–Kier alpha value is -4.26. The average Bonchev–Trinajstić information content (AvgIpc) is 3.55. The number of fused-ring (bicyclic) bond motifs is 1. The van der Waals surface area contributed by atoms with Crippen molar-refractivity contribution >= 4 is 11.7 Å². The number of aromatic nitrogens is 6. The summed E-state index contributed by atoms with van der Waals surface area (Å²) in [6, 6.07) is 9.72. The Morgan fingerprint density at radius 1 is 1.05 bits per heavy atom. The Balaban J connectivity index is 1.29. The molecular weight excluding hydrogens is 527 g/mol. The predicted molar refractivity (Wildman–Crippen MR) is 137 cm³/mol. The number of anilines is 1. The quantitative estimate of drug-likeness (QED) is 0.317. The van der Waals surface area contributed by atoms with Crippen molar-refractivity contribution < 1.29 is 27.4 Å². The molecule has 4 aromatic rings. The second kappa shape index (κ2) is 10.0. The van der Waals surface area contributed by atoms with Gasteiger partial charge in [-0.25, -0.2) is 19.3 Å². The summed E-state index contributed by atoms with van der Waals surface area (Å²) in [6.07, 6.45) is -0.691. The zero-order valence-corrected chi connectivity index (χ0v) is 21.9. The second-order valence-electron chi connectivity index (χ2n) is 9.79. The van der Waals surface area contributed by atoms with E-state index in [1.807, 2.05) is 6.07 Å². The van der Waals surface area contributed by atoms with Crippen molar-refractivity contribution in [3.8, 4) is 22.8 Å². The number of hydrogen-bond acceptors (Lipinski definition) is 7. The molecule has 0 N–H and O–H groups in total. The van der Waals surface area contributed by atoms with Crippen molar-refractivity contribution in [2.45, 2.75) is 51.1 Å². The normalized spacial score (nSPS) is 15.4. The van der Waals surface area contributed by atoms with E-state index in [1.165, 1.54) is 18.1 Å². The van der Waals surface area contributed by atoms with Crippen LogP contribution in [0.1, 0.15) is 47.8 Å². The van der Waals surface area contributed by atoms with Gasteiger partial charge in [-0.3, -0.25) is 9.69 Å². The van der Waals surface area contributed by atoms with E-state index < -0.39 is 11.9 Å². The third-order valence-electron chi connectivity index (χ3n) is 7.02. The molecule has 40 heavy (non-hydrogen) atoms. The number of amides is 1. The van der Waals surface area contributed by atoms with Crippen molar-refractivity contribution in [2.24, 2.45) is 0 Å². The van der Waals surface area contributed by atoms with Crippen molar-refractivity contribution in [3.05, 3.63) is 65.4 Å². The van der Waals surface area contributed by atoms with E-state index in [4.69, 9.17) is 14.6 Å². The number of benzene rings is 1. The number of methoxy groups -OCH3 is 2. The molecule has 4 heterocycles. The molecule has 1 saturated carbocycles. The molecule has 1 fully saturated rings. The Morgan fingerprint density at radius 2 is 1.82 bits per heavy atom. The zero-order valence-electron chi connectivity index (χ0n) is 21.9. The number of halogens is 3. The fourth-order valence-electron chi connectivity index (χ4n) is 4.95. The molecule has 0 bridgehead atoms. The molecule has 208 valence electrons. The summed E-state index contributed by atoms with van der Waals surface area (Å²) < 4.78 is 53.4. The van der Waals surface area contributed by atoms with Crippen molar-refractivity contribution in [3.63, 3.8) is 0 Å². The van der Waals surface area contributed by atoms with Crippen LogP contribution in [-0.2, 0) is 35.4 Å². The number of ether oxygens (including phenoxy) is 2. The van der Waals surface area contributed by atoms with Crippen LogP contribution in [0.2, 0.25) is 0 Å². The minimum Gasteiger partial charge on any atom is -0.480 e. The Bertz CT molecular complexity index is 1560. The van der Waals surface area contributed by atoms with Gasteiger partial charge in [0.1, 0.15) is 17.8 Å². The van der Waals surface area contributed by atoms with Crippen LogP contribution in [0.15, 0.2) is 42.7 Å². The second-order valence-corrected chi connectivity index (χ2v) is 9.79. The monoisotopic (exact) mass is 553 g/mol. The highest BCUT2D eigenvalue weighted by Crippen LogP contribution is 2.46. The van der Waals surface area contributed by atoms with Crippen LogP contribution in [-0.4, -0.2) is 49.7 Å². The molecule has 1 amide bonds. The number of nitrogens with zero attached hydrogens (tertiary/aromatic N) is 7. The average molecular weight is 554 g/mol. The van der Waals surface area contributed by atoms with Gasteiger partial charge in [-0.15, -0.1) is 0 Å². The molecule has 1 aliphatic carbocycles. The number of carbonyl (C=O) groups excluding carboxylic acids is 1. The van der Waals surface area contributed by atoms with Gasteiger partial charge < -0.3 is 9.47 Å². The van der Waals surface area contributed by atoms with Gasteiger partial charge in [-0.2, -0.15) is 23.4 Å². The van der Waals surface area contributed by atoms with Gasteiger partial charge in [0.05, 0.1) is 49.4 Å². The number of carbonyl (C=O) groups is 1. The van der Waals surface area contributed by atoms with Crippen molar-refractivity contribution in [2.75, 3.05) is 19.1 Å². The summed E-state index contributed by atoms with van der Waals surface area (Å²) >= 11 is 0. The third-order valence-corrected chi connectivity index (χ3v) is 7.02. The minimum absolute atomic E-state index is 0.0286. The molecule has 0 saturated heterocycles. The summed E-state index contributed by atoms with van der Waals surface area (Å²) in [5.74, 6) is 1.38. The lowest BCUT2D eigenvalue weighted by atomic mass is 10.1. The van der Waals surface area contributed by atoms with E-state index >= 15 is 0 Å². The first kappa shape index (κ1) is 26.0. The smallest absolute Gasteiger partial charge is 0.435 e. The molecule has 6 rings (SSSR count). The minimum atomic E-state index is -4.57. The van der Waals surface area contributed by atoms with Crippen LogP contribution >= 0.6 is 0 Å². The predicted octanol–water partition coefficient (Wildman–Crippen LogP) is 4.51. The fourth-order valence-corrected chi connectivity index (χ4v) is 4.95. The standard InChI is InChI=1S/C27H26F3N7O3/c1-39-14-19-11-21(27(28,29)30)34-37(19)18-7-3-16(4-8-18)13-35-22-12-20(33-36(22)10-9-23(35)38)24-25(17-5-6-17)31-15-32-26(24)40-2/h3-4,7-8,11-12,15,17H,5-6,9-10,13-14H2,1-2H3. The highest BCUT2D eigenvalue weighted by molar-refractivity contribution is 5.94. The van der Waals surface area contributed by atoms with Crippen LogP contribution in [0.5, 0.6) is 5.88 Å². The van der Waals surface area contributed by atoms with Crippen molar-refractivity contribution in [1.82, 2.24) is 29.5 Å². The number of rotatable bonds is 8. The molecular formula is C27H26F3N7O3. The lowest BCUT2D eigenvalue weighted by Gasteiger charge is -2.27. The SMILES string of the molecule is COCc1cc(C(F)(F)F)nn1-c1ccc(CN2C(=O)CCn3nc(-c4c(OC)ncnc4C4CC4)cc32)cc1. The summed E-state index contributed by atoms with van der Waals surface area (Å²) in [6.45, 7) is 0.681. The Morgan fingerprint density at radius 3 is 2.50 bits per heavy atom. The Labute approximate surface area is 227 Å². The van der Waals surface area contributed by atoms with Crippen LogP contribution < -0.4 is 9.64 Å². The molecule has 0 spiro atoms.